The molecule has 1 aromatic carbocycles. The van der Waals surface area contributed by atoms with E-state index in [1.165, 1.54) is 14.0 Å². The van der Waals surface area contributed by atoms with Crippen molar-refractivity contribution in [2.75, 3.05) is 13.7 Å². The van der Waals surface area contributed by atoms with E-state index in [0.29, 0.717) is 11.1 Å². The number of Topliss-reactive ketones (excluding diaryl/α,β-unsaturated/α-hetero) is 1. The van der Waals surface area contributed by atoms with E-state index >= 15 is 4.79 Å². The number of carbonyl (C=O) groups excluding carboxylic acids is 4. The van der Waals surface area contributed by atoms with Gasteiger partial charge < -0.3 is 32.5 Å². The van der Waals surface area contributed by atoms with Gasteiger partial charge in [0, 0.05) is 23.7 Å². The van der Waals surface area contributed by atoms with E-state index in [1.54, 1.807) is 44.2 Å². The van der Waals surface area contributed by atoms with Crippen LogP contribution in [-0.2, 0) is 42.1 Å². The van der Waals surface area contributed by atoms with E-state index in [-0.39, 0.29) is 25.0 Å². The molecule has 3 aliphatic carbocycles. The first-order valence-corrected chi connectivity index (χ1v) is 24.1. The molecule has 1 saturated heterocycles. The summed E-state index contributed by atoms with van der Waals surface area (Å²) in [4.78, 5) is 60.4. The van der Waals surface area contributed by atoms with Crippen LogP contribution in [0.1, 0.15) is 78.6 Å². The van der Waals surface area contributed by atoms with Gasteiger partial charge in [-0.1, -0.05) is 63.5 Å². The summed E-state index contributed by atoms with van der Waals surface area (Å²) >= 11 is 0. The Balaban J connectivity index is 1.98. The molecule has 16 heteroatoms. The Morgan fingerprint density at radius 1 is 1.05 bits per heavy atom. The fraction of sp³-hybridized carbons (Fsp3) is 0.692. The first-order valence-electron chi connectivity index (χ1n) is 19.2. The highest BCUT2D eigenvalue weighted by Gasteiger charge is 2.79. The molecule has 301 valence electrons. The van der Waals surface area contributed by atoms with Gasteiger partial charge in [-0.05, 0) is 74.7 Å². The fourth-order valence-electron chi connectivity index (χ4n) is 10.0. The van der Waals surface area contributed by atoms with Gasteiger partial charge in [-0.25, -0.2) is 9.59 Å². The zero-order chi connectivity index (χ0) is 40.7. The largest absolute Gasteiger partial charge is 0.508 e. The van der Waals surface area contributed by atoms with Gasteiger partial charge in [0.1, 0.15) is 17.8 Å². The number of carbonyl (C=O) groups is 4. The quantitative estimate of drug-likeness (QED) is 0.0389. The van der Waals surface area contributed by atoms with Crippen molar-refractivity contribution in [3.05, 3.63) is 57.5 Å². The van der Waals surface area contributed by atoms with Gasteiger partial charge in [0.2, 0.25) is 9.04 Å². The van der Waals surface area contributed by atoms with E-state index in [2.05, 4.69) is 30.8 Å². The first-order chi connectivity index (χ1) is 25.9. The Bertz CT molecular complexity index is 1740. The lowest BCUT2D eigenvalue weighted by molar-refractivity contribution is -0.340. The minimum Gasteiger partial charge on any atom is -0.455 e. The summed E-state index contributed by atoms with van der Waals surface area (Å²) in [5.41, 5.74) is 5.06. The molecule has 5 rings (SSSR count). The number of esters is 2. The van der Waals surface area contributed by atoms with Crippen molar-refractivity contribution in [3.8, 4) is 0 Å². The van der Waals surface area contributed by atoms with Crippen molar-refractivity contribution < 1.29 is 51.7 Å². The van der Waals surface area contributed by atoms with Gasteiger partial charge in [-0.2, -0.15) is 0 Å². The van der Waals surface area contributed by atoms with Crippen LogP contribution < -0.4 is 0 Å². The molecule has 1 heterocycles. The summed E-state index contributed by atoms with van der Waals surface area (Å²) in [6.07, 6.45) is -5.33. The zero-order valence-electron chi connectivity index (χ0n) is 33.9. The predicted octanol–water partition coefficient (Wildman–Crippen LogP) is 7.50. The van der Waals surface area contributed by atoms with Crippen molar-refractivity contribution >= 4 is 41.2 Å². The van der Waals surface area contributed by atoms with Crippen LogP contribution in [0.15, 0.2) is 46.6 Å². The second-order valence-electron chi connectivity index (χ2n) is 16.2. The van der Waals surface area contributed by atoms with Gasteiger partial charge in [0.15, 0.2) is 25.8 Å². The highest BCUT2D eigenvalue weighted by Crippen LogP contribution is 2.66. The maximum Gasteiger partial charge on any atom is 0.508 e. The van der Waals surface area contributed by atoms with Crippen LogP contribution in [0.5, 0.6) is 0 Å². The van der Waals surface area contributed by atoms with E-state index in [0.717, 1.165) is 18.1 Å². The summed E-state index contributed by atoms with van der Waals surface area (Å²) in [6, 6.07) is 9.86. The Kier molecular flexibility index (Phi) is 12.2. The van der Waals surface area contributed by atoms with E-state index in [1.807, 2.05) is 26.9 Å². The molecule has 0 N–H and O–H groups in total. The number of rotatable bonds is 12. The number of azide groups is 1. The zero-order valence-corrected chi connectivity index (χ0v) is 35.9. The normalized spacial score (nSPS) is 33.8. The van der Waals surface area contributed by atoms with Crippen LogP contribution >= 0.6 is 0 Å². The molecule has 14 nitrogen and oxygen atoms in total. The third-order valence-corrected chi connectivity index (χ3v) is 18.6. The van der Waals surface area contributed by atoms with Crippen molar-refractivity contribution in [1.82, 2.24) is 0 Å². The maximum absolute atomic E-state index is 16.1. The second-order valence-corrected chi connectivity index (χ2v) is 23.0. The van der Waals surface area contributed by atoms with Crippen LogP contribution in [0.4, 0.5) is 4.79 Å². The number of benzene rings is 1. The van der Waals surface area contributed by atoms with E-state index < -0.39 is 99.6 Å². The highest BCUT2D eigenvalue weighted by atomic mass is 28.4. The molecule has 2 saturated carbocycles. The summed E-state index contributed by atoms with van der Waals surface area (Å²) in [6.45, 7) is 18.5. The maximum atomic E-state index is 16.1. The number of hydrogen-bond acceptors (Lipinski definition) is 12. The Morgan fingerprint density at radius 3 is 2.20 bits per heavy atom. The smallest absolute Gasteiger partial charge is 0.455 e. The Hall–Kier alpha value is -3.54. The highest BCUT2D eigenvalue weighted by molar-refractivity contribution is 6.73. The van der Waals surface area contributed by atoms with Crippen molar-refractivity contribution in [1.29, 1.82) is 0 Å². The number of fused-ring (bicyclic) bond motifs is 5. The summed E-state index contributed by atoms with van der Waals surface area (Å²) in [5.74, 6) is -3.12. The molecule has 3 fully saturated rings. The average Bonchev–Trinajstić information content (AvgIpc) is 3.14. The average molecular weight is 799 g/mol. The molecule has 0 unspecified atom stereocenters. The molecular formula is C39H56N3O11Si2. The number of nitrogens with zero attached hydrogens (tertiary/aromatic N) is 3. The summed E-state index contributed by atoms with van der Waals surface area (Å²) < 4.78 is 45.3. The number of ketones is 1. The minimum absolute atomic E-state index is 0.0262. The van der Waals surface area contributed by atoms with Gasteiger partial charge >= 0.3 is 18.1 Å². The molecular weight excluding hydrogens is 743 g/mol. The van der Waals surface area contributed by atoms with Crippen LogP contribution in [0, 0.1) is 16.7 Å². The minimum atomic E-state index is -2.52. The standard InChI is InChI=1S/C39H56N3O11Si2/c1-12-55(13-2,14-3)52-27-20-28-38(22-48-28,51-35(46)47-9)31-33(50-34(45)25-18-16-15-17-19-25)39(53-54(10)11)21-26(41-42-40)23(4)29(36(39,6)7)30(49-24(5)43)32(44)37(27,31)8/h15-19,26-28,30-31,33H,12-14,20-22H2,1-11H3/t26-,27-,28+,30+,31-,33-,37+,38-,39+/m0/s1. The van der Waals surface area contributed by atoms with Crippen molar-refractivity contribution in [2.24, 2.45) is 21.9 Å². The van der Waals surface area contributed by atoms with E-state index in [9.17, 15) is 19.9 Å². The lowest BCUT2D eigenvalue weighted by Gasteiger charge is -2.69. The van der Waals surface area contributed by atoms with Crippen LogP contribution in [0.25, 0.3) is 10.4 Å². The van der Waals surface area contributed by atoms with E-state index in [4.69, 9.17) is 32.5 Å². The molecule has 9 atom stereocenters. The number of hydrogen-bond donors (Lipinski definition) is 0. The van der Waals surface area contributed by atoms with Gasteiger partial charge in [0.05, 0.1) is 42.8 Å². The molecule has 0 amide bonds. The fourth-order valence-corrected chi connectivity index (χ4v) is 14.2. The molecule has 4 aliphatic rings. The first kappa shape index (κ1) is 42.6. The molecule has 0 aromatic heterocycles. The molecule has 1 aliphatic heterocycles. The van der Waals surface area contributed by atoms with Gasteiger partial charge in [-0.3, -0.25) is 9.59 Å². The van der Waals surface area contributed by atoms with Gasteiger partial charge in [-0.15, -0.1) is 0 Å². The lowest BCUT2D eigenvalue weighted by Crippen LogP contribution is -2.82. The monoisotopic (exact) mass is 798 g/mol. The predicted molar refractivity (Wildman–Crippen MR) is 206 cm³/mol. The van der Waals surface area contributed by atoms with Gasteiger partial charge in [0.25, 0.3) is 0 Å². The summed E-state index contributed by atoms with van der Waals surface area (Å²) in [7, 11) is -3.06. The molecule has 55 heavy (non-hydrogen) atoms. The van der Waals surface area contributed by atoms with Crippen molar-refractivity contribution in [2.45, 2.75) is 141 Å². The second kappa shape index (κ2) is 15.8. The molecule has 1 radical (unpaired) electrons. The van der Waals surface area contributed by atoms with Crippen LogP contribution in [-0.4, -0.2) is 96.6 Å². The molecule has 2 bridgehead atoms. The third kappa shape index (κ3) is 6.86. The van der Waals surface area contributed by atoms with Crippen LogP contribution in [0.3, 0.4) is 0 Å². The Labute approximate surface area is 326 Å². The number of methoxy groups -OCH3 is 1. The summed E-state index contributed by atoms with van der Waals surface area (Å²) in [5, 5.41) is 4.21. The third-order valence-electron chi connectivity index (χ3n) is 13.1. The lowest BCUT2D eigenvalue weighted by atomic mass is 9.44. The molecule has 1 aromatic rings. The van der Waals surface area contributed by atoms with Crippen molar-refractivity contribution in [3.63, 3.8) is 0 Å². The Morgan fingerprint density at radius 2 is 1.69 bits per heavy atom. The number of ether oxygens (including phenoxy) is 5. The molecule has 0 spiro atoms. The van der Waals surface area contributed by atoms with Crippen LogP contribution in [0.2, 0.25) is 31.2 Å². The topological polar surface area (TPSA) is 182 Å². The SMILES string of the molecule is CC[Si](CC)(CC)O[C@H]1C[C@H]2OC[C@@]2(OC(=O)OC)[C@H]2[C@H](OC(=O)c3ccccc3)[C@]3(O[Si](C)C)C[C@H](N=[N+]=[N-])C(C)=C([C@@H](OC(C)=O)C(=O)[C@]12C)C3(C)C.